The van der Waals surface area contributed by atoms with Crippen LogP contribution in [-0.4, -0.2) is 51.4 Å². The molecular weight excluding hydrogens is 428 g/mol. The fourth-order valence-corrected chi connectivity index (χ4v) is 4.56. The number of phenolic OH excluding ortho intramolecular Hbond substituents is 2. The molecule has 162 valence electrons. The molecule has 31 heavy (non-hydrogen) atoms. The molecule has 0 bridgehead atoms. The van der Waals surface area contributed by atoms with Crippen molar-refractivity contribution in [2.75, 3.05) is 20.2 Å². The molecule has 2 heterocycles. The highest BCUT2D eigenvalue weighted by atomic mass is 35.5. The molecule has 0 unspecified atom stereocenters. The van der Waals surface area contributed by atoms with Gasteiger partial charge in [0.2, 0.25) is 0 Å². The summed E-state index contributed by atoms with van der Waals surface area (Å²) in [6.07, 6.45) is 0.584. The summed E-state index contributed by atoms with van der Waals surface area (Å²) >= 11 is 6.19. The zero-order valence-electron chi connectivity index (χ0n) is 16.4. The molecule has 9 nitrogen and oxygen atoms in total. The quantitative estimate of drug-likeness (QED) is 0.410. The average molecular weight is 447 g/mol. The van der Waals surface area contributed by atoms with Gasteiger partial charge < -0.3 is 24.6 Å². The van der Waals surface area contributed by atoms with Gasteiger partial charge in [0, 0.05) is 41.3 Å². The van der Waals surface area contributed by atoms with Gasteiger partial charge in [0.25, 0.3) is 5.69 Å². The molecule has 0 aliphatic carbocycles. The third kappa shape index (κ3) is 3.40. The van der Waals surface area contributed by atoms with Crippen LogP contribution in [0.3, 0.4) is 0 Å². The number of nitrogens with zero attached hydrogens (tertiary/aromatic N) is 2. The lowest BCUT2D eigenvalue weighted by Gasteiger charge is -2.24. The minimum absolute atomic E-state index is 0.0376. The Bertz CT molecular complexity index is 1260. The van der Waals surface area contributed by atoms with Crippen LogP contribution in [0, 0.1) is 10.1 Å². The van der Waals surface area contributed by atoms with Crippen molar-refractivity contribution in [3.8, 4) is 22.8 Å². The number of aliphatic hydroxyl groups excluding tert-OH is 1. The van der Waals surface area contributed by atoms with Crippen molar-refractivity contribution < 1.29 is 24.7 Å². The van der Waals surface area contributed by atoms with E-state index in [9.17, 15) is 30.2 Å². The van der Waals surface area contributed by atoms with Crippen LogP contribution in [0.1, 0.15) is 17.9 Å². The van der Waals surface area contributed by atoms with E-state index >= 15 is 0 Å². The summed E-state index contributed by atoms with van der Waals surface area (Å²) in [5.41, 5.74) is -0.563. The molecule has 2 atom stereocenters. The number of likely N-dealkylation sites (tertiary alicyclic amines) is 1. The van der Waals surface area contributed by atoms with Crippen LogP contribution in [0.5, 0.6) is 11.5 Å². The smallest absolute Gasteiger partial charge is 0.288 e. The van der Waals surface area contributed by atoms with Gasteiger partial charge in [-0.3, -0.25) is 14.9 Å². The number of halogens is 1. The van der Waals surface area contributed by atoms with Crippen LogP contribution < -0.4 is 5.43 Å². The summed E-state index contributed by atoms with van der Waals surface area (Å²) in [7, 11) is 1.84. The molecule has 0 saturated carbocycles. The van der Waals surface area contributed by atoms with Gasteiger partial charge in [-0.2, -0.15) is 0 Å². The first-order valence-corrected chi connectivity index (χ1v) is 9.89. The van der Waals surface area contributed by atoms with Crippen molar-refractivity contribution in [2.45, 2.75) is 18.4 Å². The molecule has 3 aromatic rings. The molecule has 3 N–H and O–H groups in total. The largest absolute Gasteiger partial charge is 0.507 e. The molecular formula is C21H19ClN2O7. The lowest BCUT2D eigenvalue weighted by molar-refractivity contribution is -0.384. The summed E-state index contributed by atoms with van der Waals surface area (Å²) in [6.45, 7) is 0.474. The molecule has 0 radical (unpaired) electrons. The van der Waals surface area contributed by atoms with E-state index < -0.39 is 16.1 Å². The van der Waals surface area contributed by atoms with E-state index in [1.54, 1.807) is 0 Å². The first-order valence-electron chi connectivity index (χ1n) is 9.51. The van der Waals surface area contributed by atoms with Gasteiger partial charge in [-0.15, -0.1) is 0 Å². The van der Waals surface area contributed by atoms with Crippen LogP contribution in [0.15, 0.2) is 39.5 Å². The monoisotopic (exact) mass is 446 g/mol. The highest BCUT2D eigenvalue weighted by Gasteiger charge is 2.36. The average Bonchev–Trinajstić information content (AvgIpc) is 3.07. The Labute approximate surface area is 180 Å². The molecule has 4 rings (SSSR count). The summed E-state index contributed by atoms with van der Waals surface area (Å²) < 4.78 is 5.95. The van der Waals surface area contributed by atoms with E-state index in [0.717, 1.165) is 12.1 Å². The van der Waals surface area contributed by atoms with Gasteiger partial charge in [-0.25, -0.2) is 0 Å². The van der Waals surface area contributed by atoms with Crippen molar-refractivity contribution in [2.24, 2.45) is 0 Å². The number of aromatic hydroxyl groups is 2. The van der Waals surface area contributed by atoms with Crippen molar-refractivity contribution in [3.05, 3.63) is 61.3 Å². The Balaban J connectivity index is 2.02. The van der Waals surface area contributed by atoms with Crippen LogP contribution in [0.4, 0.5) is 5.69 Å². The summed E-state index contributed by atoms with van der Waals surface area (Å²) in [6, 6.07) is 5.97. The van der Waals surface area contributed by atoms with E-state index in [1.165, 1.54) is 18.2 Å². The fourth-order valence-electron chi connectivity index (χ4n) is 4.28. The zero-order valence-corrected chi connectivity index (χ0v) is 17.2. The van der Waals surface area contributed by atoms with Crippen LogP contribution >= 0.6 is 11.6 Å². The Morgan fingerprint density at radius 1 is 1.29 bits per heavy atom. The normalized spacial score (nSPS) is 19.2. The Kier molecular flexibility index (Phi) is 5.34. The van der Waals surface area contributed by atoms with Crippen LogP contribution in [-0.2, 0) is 0 Å². The first kappa shape index (κ1) is 21.1. The van der Waals surface area contributed by atoms with Crippen molar-refractivity contribution in [3.63, 3.8) is 0 Å². The minimum Gasteiger partial charge on any atom is -0.507 e. The van der Waals surface area contributed by atoms with Gasteiger partial charge in [-0.05, 0) is 26.1 Å². The van der Waals surface area contributed by atoms with Crippen molar-refractivity contribution >= 4 is 28.3 Å². The van der Waals surface area contributed by atoms with E-state index in [2.05, 4.69) is 0 Å². The van der Waals surface area contributed by atoms with Crippen molar-refractivity contribution in [1.82, 2.24) is 4.90 Å². The molecule has 1 aliphatic rings. The summed E-state index contributed by atoms with van der Waals surface area (Å²) in [4.78, 5) is 25.4. The maximum absolute atomic E-state index is 12.9. The van der Waals surface area contributed by atoms with Crippen molar-refractivity contribution in [1.29, 1.82) is 0 Å². The first-order chi connectivity index (χ1) is 14.7. The number of likely N-dealkylation sites (N-methyl/N-ethyl adjacent to an activating group) is 1. The number of hydrogen-bond donors (Lipinski definition) is 3. The molecule has 1 aliphatic heterocycles. The SMILES string of the molecule is CN1CC[C@@H](c2c(O)cc(O)c3c(=O)cc(-c4cccc([N+](=O)[O-])c4Cl)oc23)[C@@H]1CO. The maximum Gasteiger partial charge on any atom is 0.288 e. The predicted molar refractivity (Wildman–Crippen MR) is 114 cm³/mol. The third-order valence-electron chi connectivity index (χ3n) is 5.82. The van der Waals surface area contributed by atoms with Crippen LogP contribution in [0.2, 0.25) is 5.02 Å². The van der Waals surface area contributed by atoms with E-state index in [1.807, 2.05) is 11.9 Å². The van der Waals surface area contributed by atoms with E-state index in [4.69, 9.17) is 16.0 Å². The highest BCUT2D eigenvalue weighted by Crippen LogP contribution is 2.45. The van der Waals surface area contributed by atoms with E-state index in [0.29, 0.717) is 13.0 Å². The predicted octanol–water partition coefficient (Wildman–Crippen LogP) is 3.21. The highest BCUT2D eigenvalue weighted by molar-refractivity contribution is 6.35. The molecule has 1 fully saturated rings. The molecule has 2 aromatic carbocycles. The second-order valence-electron chi connectivity index (χ2n) is 7.53. The maximum atomic E-state index is 12.9. The summed E-state index contributed by atoms with van der Waals surface area (Å²) in [5.74, 6) is -1.12. The Hall–Kier alpha value is -3.14. The number of hydrogen-bond acceptors (Lipinski definition) is 8. The van der Waals surface area contributed by atoms with Gasteiger partial charge in [0.1, 0.15) is 33.3 Å². The number of aliphatic hydroxyl groups is 1. The summed E-state index contributed by atoms with van der Waals surface area (Å²) in [5, 5.41) is 41.7. The van der Waals surface area contributed by atoms with Gasteiger partial charge >= 0.3 is 0 Å². The second-order valence-corrected chi connectivity index (χ2v) is 7.91. The Morgan fingerprint density at radius 2 is 2.03 bits per heavy atom. The molecule has 1 saturated heterocycles. The second kappa shape index (κ2) is 7.84. The fraction of sp³-hybridized carbons (Fsp3) is 0.286. The number of benzene rings is 2. The van der Waals surface area contributed by atoms with Crippen LogP contribution in [0.25, 0.3) is 22.3 Å². The van der Waals surface area contributed by atoms with E-state index in [-0.39, 0.29) is 62.9 Å². The lowest BCUT2D eigenvalue weighted by atomic mass is 9.89. The third-order valence-corrected chi connectivity index (χ3v) is 6.22. The van der Waals surface area contributed by atoms with Gasteiger partial charge in [0.15, 0.2) is 5.43 Å². The topological polar surface area (TPSA) is 137 Å². The minimum atomic E-state index is -0.645. The van der Waals surface area contributed by atoms with Gasteiger partial charge in [0.05, 0.1) is 11.5 Å². The zero-order chi connectivity index (χ0) is 22.4. The Morgan fingerprint density at radius 3 is 2.71 bits per heavy atom. The number of phenols is 2. The lowest BCUT2D eigenvalue weighted by Crippen LogP contribution is -2.32. The molecule has 10 heteroatoms. The van der Waals surface area contributed by atoms with Gasteiger partial charge in [-0.1, -0.05) is 17.7 Å². The number of nitro groups is 1. The number of fused-ring (bicyclic) bond motifs is 1. The molecule has 1 aromatic heterocycles. The molecule has 0 spiro atoms. The number of nitro benzene ring substituents is 1. The molecule has 0 amide bonds. The standard InChI is InChI=1S/C21H19ClN2O7/c1-23-6-5-10(13(23)9-25)18-14(26)7-15(27)19-16(28)8-17(31-21(18)19)11-3-2-4-12(20(11)22)24(29)30/h2-4,7-8,10,13,25-27H,5-6,9H2,1H3/t10-,13+/m1/s1. The number of rotatable bonds is 4.